The Balaban J connectivity index is 0.931. The normalized spacial score (nSPS) is 16.9. The maximum atomic E-state index is 14.3. The largest absolute Gasteiger partial charge is 0.374 e. The molecule has 2 atom stereocenters. The minimum absolute atomic E-state index is 0.200. The zero-order valence-corrected chi connectivity index (χ0v) is 35.6. The van der Waals surface area contributed by atoms with E-state index >= 15 is 0 Å². The predicted octanol–water partition coefficient (Wildman–Crippen LogP) is 9.11. The van der Waals surface area contributed by atoms with E-state index in [9.17, 15) is 24.0 Å². The summed E-state index contributed by atoms with van der Waals surface area (Å²) in [6.07, 6.45) is 8.06. The monoisotopic (exact) mass is 854 g/mol. The van der Waals surface area contributed by atoms with Crippen molar-refractivity contribution >= 4 is 72.8 Å². The molecule has 6 aromatic rings. The maximum Gasteiger partial charge on any atom is 0.262 e. The van der Waals surface area contributed by atoms with Gasteiger partial charge in [-0.1, -0.05) is 130 Å². The number of aldehydes is 1. The molecule has 2 fully saturated rings. The molecule has 2 heterocycles. The number of carbonyl (C=O) groups excluding carboxylic acids is 5. The fraction of sp³-hybridized carbons (Fsp3) is 0.327. The molecule has 4 N–H and O–H groups in total. The standard InChI is InChI=1S/C49H50N4O6S2/c54-30-38(34-15-5-1-6-16-34)50-46(57)48(23-11-3-12-24-48)53-45(56)43-29-37-22-21-33(27-41(37)61-43)31-59-32-39(35-17-7-2-8-18-35)51-47(58)49(25-13-4-14-26-49)52-44(55)42-28-36-19-9-10-20-40(36)60-42/h1-2,5-10,15-22,27-30,38-39H,3-4,11-14,23-26,31-32H2,(H,50,57)(H,51,58)(H,52,55)(H,53,56)/t38-,39-/m1/s1. The Morgan fingerprint density at radius 2 is 1.11 bits per heavy atom. The summed E-state index contributed by atoms with van der Waals surface area (Å²) in [4.78, 5) is 68.8. The molecule has 2 aliphatic rings. The van der Waals surface area contributed by atoms with Gasteiger partial charge in [-0.2, -0.15) is 0 Å². The lowest BCUT2D eigenvalue weighted by atomic mass is 9.80. The maximum absolute atomic E-state index is 14.3. The molecule has 4 amide bonds. The lowest BCUT2D eigenvalue weighted by Gasteiger charge is -2.37. The van der Waals surface area contributed by atoms with E-state index < -0.39 is 23.2 Å². The van der Waals surface area contributed by atoms with E-state index in [0.29, 0.717) is 41.0 Å². The summed E-state index contributed by atoms with van der Waals surface area (Å²) in [6.45, 7) is 0.469. The highest BCUT2D eigenvalue weighted by Crippen LogP contribution is 2.34. The average molecular weight is 855 g/mol. The molecular formula is C49H50N4O6S2. The van der Waals surface area contributed by atoms with Crippen LogP contribution in [0.2, 0.25) is 0 Å². The number of ether oxygens (including phenoxy) is 1. The first-order valence-electron chi connectivity index (χ1n) is 21.2. The second kappa shape index (κ2) is 18.9. The van der Waals surface area contributed by atoms with E-state index in [2.05, 4.69) is 21.3 Å². The summed E-state index contributed by atoms with van der Waals surface area (Å²) in [7, 11) is 0. The molecule has 0 radical (unpaired) electrons. The SMILES string of the molecule is O=C[C@@H](NC(=O)C1(NC(=O)c2cc3ccc(COC[C@@H](NC(=O)C4(NC(=O)c5cc6ccccc6s5)CCCCC4)c4ccccc4)cc3s2)CCCCC1)c1ccccc1. The Morgan fingerprint density at radius 1 is 0.590 bits per heavy atom. The van der Waals surface area contributed by atoms with E-state index in [0.717, 1.165) is 76.1 Å². The van der Waals surface area contributed by atoms with Crippen LogP contribution in [0.3, 0.4) is 0 Å². The van der Waals surface area contributed by atoms with Crippen molar-refractivity contribution in [2.45, 2.75) is 94.0 Å². The third-order valence-corrected chi connectivity index (χ3v) is 14.3. The van der Waals surface area contributed by atoms with Crippen LogP contribution >= 0.6 is 22.7 Å². The van der Waals surface area contributed by atoms with Gasteiger partial charge in [0.25, 0.3) is 11.8 Å². The van der Waals surface area contributed by atoms with E-state index in [1.165, 1.54) is 22.7 Å². The van der Waals surface area contributed by atoms with Crippen LogP contribution in [0.25, 0.3) is 20.2 Å². The number of nitrogens with one attached hydrogen (secondary N) is 4. The highest BCUT2D eigenvalue weighted by Gasteiger charge is 2.43. The molecule has 0 aliphatic heterocycles. The number of fused-ring (bicyclic) bond motifs is 2. The van der Waals surface area contributed by atoms with Crippen LogP contribution in [0.5, 0.6) is 0 Å². The van der Waals surface area contributed by atoms with E-state index in [1.807, 2.05) is 103 Å². The van der Waals surface area contributed by atoms with Gasteiger partial charge in [-0.05, 0) is 77.4 Å². The summed E-state index contributed by atoms with van der Waals surface area (Å²) in [6, 6.07) is 35.1. The second-order valence-corrected chi connectivity index (χ2v) is 18.4. The Hall–Kier alpha value is -5.69. The lowest BCUT2D eigenvalue weighted by molar-refractivity contribution is -0.131. The number of hydrogen-bond donors (Lipinski definition) is 4. The zero-order valence-electron chi connectivity index (χ0n) is 34.0. The topological polar surface area (TPSA) is 143 Å². The molecule has 4 aromatic carbocycles. The van der Waals surface area contributed by atoms with Crippen LogP contribution in [-0.2, 0) is 25.7 Å². The molecule has 2 saturated carbocycles. The number of thiophene rings is 2. The first-order valence-corrected chi connectivity index (χ1v) is 22.8. The fourth-order valence-corrected chi connectivity index (χ4v) is 10.7. The van der Waals surface area contributed by atoms with Gasteiger partial charge >= 0.3 is 0 Å². The van der Waals surface area contributed by atoms with Crippen LogP contribution < -0.4 is 21.3 Å². The van der Waals surface area contributed by atoms with E-state index in [1.54, 1.807) is 12.1 Å². The van der Waals surface area contributed by atoms with Gasteiger partial charge in [0.05, 0.1) is 29.0 Å². The van der Waals surface area contributed by atoms with Gasteiger partial charge in [-0.3, -0.25) is 19.2 Å². The zero-order chi connectivity index (χ0) is 42.2. The summed E-state index contributed by atoms with van der Waals surface area (Å²) >= 11 is 2.78. The van der Waals surface area contributed by atoms with Crippen molar-refractivity contribution < 1.29 is 28.7 Å². The smallest absolute Gasteiger partial charge is 0.262 e. The van der Waals surface area contributed by atoms with Gasteiger partial charge in [0.15, 0.2) is 0 Å². The summed E-state index contributed by atoms with van der Waals surface area (Å²) < 4.78 is 8.24. The molecule has 12 heteroatoms. The van der Waals surface area contributed by atoms with Crippen LogP contribution in [0.15, 0.2) is 115 Å². The number of carbonyl (C=O) groups is 5. The third kappa shape index (κ3) is 9.62. The molecule has 0 bridgehead atoms. The minimum atomic E-state index is -1.12. The summed E-state index contributed by atoms with van der Waals surface area (Å²) in [5.74, 6) is -1.12. The molecular weight excluding hydrogens is 805 g/mol. The van der Waals surface area contributed by atoms with E-state index in [-0.39, 0.29) is 36.8 Å². The highest BCUT2D eigenvalue weighted by atomic mass is 32.1. The molecule has 8 rings (SSSR count). The summed E-state index contributed by atoms with van der Waals surface area (Å²) in [5.41, 5.74) is 0.334. The molecule has 314 valence electrons. The lowest BCUT2D eigenvalue weighted by Crippen LogP contribution is -2.60. The minimum Gasteiger partial charge on any atom is -0.374 e. The predicted molar refractivity (Wildman–Crippen MR) is 241 cm³/mol. The first kappa shape index (κ1) is 42.0. The number of rotatable bonds is 15. The Kier molecular flexibility index (Phi) is 13.0. The average Bonchev–Trinajstić information content (AvgIpc) is 3.94. The van der Waals surface area contributed by atoms with Crippen LogP contribution in [0.1, 0.15) is 112 Å². The van der Waals surface area contributed by atoms with Crippen molar-refractivity contribution in [2.75, 3.05) is 6.61 Å². The van der Waals surface area contributed by atoms with Crippen molar-refractivity contribution in [3.05, 3.63) is 142 Å². The molecule has 2 aromatic heterocycles. The Morgan fingerprint density at radius 3 is 1.70 bits per heavy atom. The Bertz CT molecular complexity index is 2470. The van der Waals surface area contributed by atoms with Gasteiger partial charge in [0, 0.05) is 9.40 Å². The van der Waals surface area contributed by atoms with Crippen LogP contribution in [-0.4, -0.2) is 47.6 Å². The van der Waals surface area contributed by atoms with Crippen molar-refractivity contribution in [1.29, 1.82) is 0 Å². The van der Waals surface area contributed by atoms with Crippen molar-refractivity contribution in [3.8, 4) is 0 Å². The fourth-order valence-electron chi connectivity index (χ4n) is 8.69. The number of amides is 4. The Labute approximate surface area is 363 Å². The molecule has 61 heavy (non-hydrogen) atoms. The van der Waals surface area contributed by atoms with Gasteiger partial charge in [0.1, 0.15) is 23.4 Å². The van der Waals surface area contributed by atoms with E-state index in [4.69, 9.17) is 4.74 Å². The molecule has 10 nitrogen and oxygen atoms in total. The van der Waals surface area contributed by atoms with Gasteiger partial charge in [-0.15, -0.1) is 22.7 Å². The number of benzene rings is 4. The van der Waals surface area contributed by atoms with Crippen molar-refractivity contribution in [3.63, 3.8) is 0 Å². The third-order valence-electron chi connectivity index (χ3n) is 12.1. The van der Waals surface area contributed by atoms with Crippen LogP contribution in [0.4, 0.5) is 0 Å². The quantitative estimate of drug-likeness (QED) is 0.0760. The molecule has 2 aliphatic carbocycles. The highest BCUT2D eigenvalue weighted by molar-refractivity contribution is 7.21. The second-order valence-electron chi connectivity index (χ2n) is 16.3. The number of hydrogen-bond acceptors (Lipinski definition) is 8. The van der Waals surface area contributed by atoms with Gasteiger partial charge in [0.2, 0.25) is 11.8 Å². The molecule has 0 saturated heterocycles. The van der Waals surface area contributed by atoms with Crippen molar-refractivity contribution in [2.24, 2.45) is 0 Å². The van der Waals surface area contributed by atoms with Gasteiger partial charge < -0.3 is 30.8 Å². The van der Waals surface area contributed by atoms with Crippen molar-refractivity contribution in [1.82, 2.24) is 21.3 Å². The summed E-state index contributed by atoms with van der Waals surface area (Å²) in [5, 5.41) is 14.3. The molecule has 0 spiro atoms. The van der Waals surface area contributed by atoms with Crippen LogP contribution in [0, 0.1) is 0 Å². The first-order chi connectivity index (χ1) is 29.7. The van der Waals surface area contributed by atoms with Gasteiger partial charge in [-0.25, -0.2) is 0 Å². The molecule has 0 unspecified atom stereocenters.